The molecule has 0 aliphatic carbocycles. The molecule has 2 aromatic rings. The van der Waals surface area contributed by atoms with Gasteiger partial charge in [-0.25, -0.2) is 8.42 Å². The lowest BCUT2D eigenvalue weighted by Gasteiger charge is -2.22. The summed E-state index contributed by atoms with van der Waals surface area (Å²) < 4.78 is 23.2. The quantitative estimate of drug-likeness (QED) is 0.821. The van der Waals surface area contributed by atoms with Crippen LogP contribution in [-0.2, 0) is 16.3 Å². The molecule has 7 nitrogen and oxygen atoms in total. The summed E-state index contributed by atoms with van der Waals surface area (Å²) >= 11 is 0. The van der Waals surface area contributed by atoms with Crippen LogP contribution in [0.15, 0.2) is 42.5 Å². The maximum atomic E-state index is 12.5. The number of aromatic nitrogens is 2. The standard InChI is InChI=1S/C18H22N4O3S/c1-22(15-10-12-26(24,25)13-15)18(23)16-7-8-17(21-20-16)19-11-9-14-5-3-2-4-6-14/h2-8,15H,9-13H2,1H3,(H,19,21). The topological polar surface area (TPSA) is 92.3 Å². The number of amides is 1. The SMILES string of the molecule is CN(C(=O)c1ccc(NCCc2ccccc2)nn1)C1CCS(=O)(=O)C1. The van der Waals surface area contributed by atoms with Gasteiger partial charge in [-0.2, -0.15) is 0 Å². The third-order valence-corrected chi connectivity index (χ3v) is 6.27. The van der Waals surface area contributed by atoms with Crippen molar-refractivity contribution in [1.82, 2.24) is 15.1 Å². The van der Waals surface area contributed by atoms with Gasteiger partial charge in [-0.05, 0) is 30.5 Å². The summed E-state index contributed by atoms with van der Waals surface area (Å²) in [6.45, 7) is 0.714. The Balaban J connectivity index is 1.54. The van der Waals surface area contributed by atoms with Crippen LogP contribution < -0.4 is 5.32 Å². The maximum Gasteiger partial charge on any atom is 0.274 e. The van der Waals surface area contributed by atoms with Crippen molar-refractivity contribution in [2.75, 3.05) is 30.4 Å². The number of carbonyl (C=O) groups excluding carboxylic acids is 1. The third-order valence-electron chi connectivity index (χ3n) is 4.52. The minimum Gasteiger partial charge on any atom is -0.368 e. The molecule has 1 aliphatic heterocycles. The van der Waals surface area contributed by atoms with Gasteiger partial charge < -0.3 is 10.2 Å². The highest BCUT2D eigenvalue weighted by molar-refractivity contribution is 7.91. The lowest BCUT2D eigenvalue weighted by molar-refractivity contribution is 0.0740. The summed E-state index contributed by atoms with van der Waals surface area (Å²) in [6, 6.07) is 13.1. The molecule has 0 spiro atoms. The highest BCUT2D eigenvalue weighted by Crippen LogP contribution is 2.18. The van der Waals surface area contributed by atoms with Crippen LogP contribution in [0.25, 0.3) is 0 Å². The van der Waals surface area contributed by atoms with Crippen molar-refractivity contribution >= 4 is 21.6 Å². The van der Waals surface area contributed by atoms with Crippen LogP contribution in [0.1, 0.15) is 22.5 Å². The minimum atomic E-state index is -3.04. The Hall–Kier alpha value is -2.48. The van der Waals surface area contributed by atoms with E-state index in [0.717, 1.165) is 6.42 Å². The number of nitrogens with zero attached hydrogens (tertiary/aromatic N) is 3. The number of sulfone groups is 1. The number of hydrogen-bond acceptors (Lipinski definition) is 6. The molecule has 138 valence electrons. The van der Waals surface area contributed by atoms with Crippen LogP contribution in [0.2, 0.25) is 0 Å². The van der Waals surface area contributed by atoms with Gasteiger partial charge in [-0.15, -0.1) is 10.2 Å². The molecule has 8 heteroatoms. The molecule has 1 amide bonds. The largest absolute Gasteiger partial charge is 0.368 e. The number of carbonyl (C=O) groups is 1. The van der Waals surface area contributed by atoms with Crippen molar-refractivity contribution in [3.8, 4) is 0 Å². The van der Waals surface area contributed by atoms with Gasteiger partial charge in [-0.3, -0.25) is 4.79 Å². The molecule has 3 rings (SSSR count). The molecule has 0 radical (unpaired) electrons. The molecule has 1 N–H and O–H groups in total. The Bertz CT molecular complexity index is 854. The van der Waals surface area contributed by atoms with E-state index in [1.54, 1.807) is 19.2 Å². The van der Waals surface area contributed by atoms with Crippen LogP contribution in [0, 0.1) is 0 Å². The molecular formula is C18H22N4O3S. The summed E-state index contributed by atoms with van der Waals surface area (Å²) in [5.74, 6) is 0.437. The predicted molar refractivity (Wildman–Crippen MR) is 99.8 cm³/mol. The summed E-state index contributed by atoms with van der Waals surface area (Å²) in [6.07, 6.45) is 1.33. The highest BCUT2D eigenvalue weighted by Gasteiger charge is 2.33. The van der Waals surface area contributed by atoms with E-state index in [1.807, 2.05) is 18.2 Å². The van der Waals surface area contributed by atoms with Crippen LogP contribution in [0.3, 0.4) is 0 Å². The van der Waals surface area contributed by atoms with Crippen molar-refractivity contribution in [2.45, 2.75) is 18.9 Å². The van der Waals surface area contributed by atoms with Gasteiger partial charge in [0.1, 0.15) is 5.82 Å². The van der Waals surface area contributed by atoms with Crippen LogP contribution in [0.5, 0.6) is 0 Å². The molecule has 26 heavy (non-hydrogen) atoms. The molecule has 2 heterocycles. The second-order valence-electron chi connectivity index (χ2n) is 6.44. The monoisotopic (exact) mass is 374 g/mol. The Labute approximate surface area is 153 Å². The fourth-order valence-electron chi connectivity index (χ4n) is 2.95. The Kier molecular flexibility index (Phi) is 5.51. The van der Waals surface area contributed by atoms with E-state index >= 15 is 0 Å². The van der Waals surface area contributed by atoms with Gasteiger partial charge >= 0.3 is 0 Å². The van der Waals surface area contributed by atoms with Crippen LogP contribution in [0.4, 0.5) is 5.82 Å². The predicted octanol–water partition coefficient (Wildman–Crippen LogP) is 1.39. The molecule has 1 unspecified atom stereocenters. The van der Waals surface area contributed by atoms with Crippen molar-refractivity contribution in [2.24, 2.45) is 0 Å². The van der Waals surface area contributed by atoms with Crippen LogP contribution >= 0.6 is 0 Å². The smallest absolute Gasteiger partial charge is 0.274 e. The molecule has 1 atom stereocenters. The lowest BCUT2D eigenvalue weighted by Crippen LogP contribution is -2.38. The van der Waals surface area contributed by atoms with E-state index in [9.17, 15) is 13.2 Å². The molecular weight excluding hydrogens is 352 g/mol. The second-order valence-corrected chi connectivity index (χ2v) is 8.67. The van der Waals surface area contributed by atoms with Gasteiger partial charge in [0.2, 0.25) is 0 Å². The molecule has 1 aromatic carbocycles. The summed E-state index contributed by atoms with van der Waals surface area (Å²) in [7, 11) is -1.42. The van der Waals surface area contributed by atoms with Gasteiger partial charge in [-0.1, -0.05) is 30.3 Å². The molecule has 1 fully saturated rings. The van der Waals surface area contributed by atoms with Gasteiger partial charge in [0.25, 0.3) is 5.91 Å². The van der Waals surface area contributed by atoms with E-state index < -0.39 is 9.84 Å². The first kappa shape index (κ1) is 18.3. The summed E-state index contributed by atoms with van der Waals surface area (Å²) in [5.41, 5.74) is 1.44. The van der Waals surface area contributed by atoms with Gasteiger partial charge in [0.05, 0.1) is 11.5 Å². The van der Waals surface area contributed by atoms with Crippen molar-refractivity contribution in [3.05, 3.63) is 53.7 Å². The van der Waals surface area contributed by atoms with Crippen molar-refractivity contribution in [3.63, 3.8) is 0 Å². The number of rotatable bonds is 6. The number of nitrogens with one attached hydrogen (secondary N) is 1. The summed E-state index contributed by atoms with van der Waals surface area (Å²) in [5, 5.41) is 11.2. The normalized spacial score (nSPS) is 18.4. The fraction of sp³-hybridized carbons (Fsp3) is 0.389. The van der Waals surface area contributed by atoms with Gasteiger partial charge in [0, 0.05) is 19.6 Å². The van der Waals surface area contributed by atoms with E-state index in [0.29, 0.717) is 18.8 Å². The Morgan fingerprint density at radius 1 is 1.19 bits per heavy atom. The van der Waals surface area contributed by atoms with Crippen molar-refractivity contribution in [1.29, 1.82) is 0 Å². The maximum absolute atomic E-state index is 12.5. The average molecular weight is 374 g/mol. The Morgan fingerprint density at radius 2 is 1.96 bits per heavy atom. The van der Waals surface area contributed by atoms with E-state index in [4.69, 9.17) is 0 Å². The molecule has 1 aliphatic rings. The number of benzene rings is 1. The zero-order chi connectivity index (χ0) is 18.6. The van der Waals surface area contributed by atoms with Crippen molar-refractivity contribution < 1.29 is 13.2 Å². The Morgan fingerprint density at radius 3 is 2.58 bits per heavy atom. The van der Waals surface area contributed by atoms with Crippen LogP contribution in [-0.4, -0.2) is 60.6 Å². The molecule has 0 bridgehead atoms. The zero-order valence-corrected chi connectivity index (χ0v) is 15.4. The highest BCUT2D eigenvalue weighted by atomic mass is 32.2. The first-order chi connectivity index (χ1) is 12.4. The second kappa shape index (κ2) is 7.82. The zero-order valence-electron chi connectivity index (χ0n) is 14.6. The molecule has 0 saturated carbocycles. The fourth-order valence-corrected chi connectivity index (χ4v) is 4.72. The first-order valence-electron chi connectivity index (χ1n) is 8.54. The number of anilines is 1. The molecule has 1 saturated heterocycles. The van der Waals surface area contributed by atoms with E-state index in [2.05, 4.69) is 27.6 Å². The van der Waals surface area contributed by atoms with E-state index in [1.165, 1.54) is 10.5 Å². The average Bonchev–Trinajstić information content (AvgIpc) is 3.02. The van der Waals surface area contributed by atoms with E-state index in [-0.39, 0.29) is 29.1 Å². The summed E-state index contributed by atoms with van der Waals surface area (Å²) in [4.78, 5) is 13.9. The number of hydrogen-bond donors (Lipinski definition) is 1. The minimum absolute atomic E-state index is 0.0157. The molecule has 1 aromatic heterocycles. The van der Waals surface area contributed by atoms with Gasteiger partial charge in [0.15, 0.2) is 15.5 Å². The first-order valence-corrected chi connectivity index (χ1v) is 10.4. The third kappa shape index (κ3) is 4.57. The lowest BCUT2D eigenvalue weighted by atomic mass is 10.1.